The van der Waals surface area contributed by atoms with Crippen molar-refractivity contribution in [3.05, 3.63) is 40.5 Å². The van der Waals surface area contributed by atoms with E-state index in [1.54, 1.807) is 6.07 Å². The van der Waals surface area contributed by atoms with Gasteiger partial charge in [-0.2, -0.15) is 5.10 Å². The van der Waals surface area contributed by atoms with Crippen LogP contribution < -0.4 is 5.32 Å². The lowest BCUT2D eigenvalue weighted by Crippen LogP contribution is -2.39. The molecule has 7 heteroatoms. The topological polar surface area (TPSA) is 84.1 Å². The van der Waals surface area contributed by atoms with E-state index >= 15 is 0 Å². The smallest absolute Gasteiger partial charge is 0.357 e. The summed E-state index contributed by atoms with van der Waals surface area (Å²) in [6.45, 7) is 5.21. The minimum Gasteiger partial charge on any atom is -0.448 e. The van der Waals surface area contributed by atoms with Gasteiger partial charge in [-0.1, -0.05) is 28.1 Å². The fourth-order valence-corrected chi connectivity index (χ4v) is 2.14. The molecule has 2 aromatic rings. The fraction of sp³-hybridized carbons (Fsp3) is 0.312. The maximum Gasteiger partial charge on any atom is 0.357 e. The third kappa shape index (κ3) is 4.66. The molecule has 0 aliphatic carbocycles. The second-order valence-electron chi connectivity index (χ2n) is 5.38. The van der Waals surface area contributed by atoms with E-state index in [1.807, 2.05) is 38.1 Å². The van der Waals surface area contributed by atoms with Gasteiger partial charge < -0.3 is 10.1 Å². The van der Waals surface area contributed by atoms with Crippen LogP contribution in [-0.2, 0) is 9.53 Å². The van der Waals surface area contributed by atoms with Crippen LogP contribution in [0, 0.1) is 0 Å². The zero-order valence-corrected chi connectivity index (χ0v) is 14.7. The summed E-state index contributed by atoms with van der Waals surface area (Å²) in [5, 5.41) is 9.42. The Kier molecular flexibility index (Phi) is 5.54. The summed E-state index contributed by atoms with van der Waals surface area (Å²) in [5.41, 5.74) is 1.70. The summed E-state index contributed by atoms with van der Waals surface area (Å²) in [6, 6.07) is 9.13. The summed E-state index contributed by atoms with van der Waals surface area (Å²) >= 11 is 3.36. The number of hydrogen-bond acceptors (Lipinski definition) is 4. The van der Waals surface area contributed by atoms with Crippen molar-refractivity contribution in [2.24, 2.45) is 0 Å². The minimum atomic E-state index is -0.871. The highest BCUT2D eigenvalue weighted by molar-refractivity contribution is 9.10. The Morgan fingerprint density at radius 1 is 1.22 bits per heavy atom. The molecule has 1 aromatic heterocycles. The van der Waals surface area contributed by atoms with Gasteiger partial charge in [0.15, 0.2) is 6.10 Å². The molecule has 1 amide bonds. The van der Waals surface area contributed by atoms with Gasteiger partial charge in [0.05, 0.1) is 5.69 Å². The Labute approximate surface area is 142 Å². The number of carbonyl (C=O) groups excluding carboxylic acids is 2. The third-order valence-corrected chi connectivity index (χ3v) is 3.55. The van der Waals surface area contributed by atoms with Crippen molar-refractivity contribution >= 4 is 27.8 Å². The van der Waals surface area contributed by atoms with Gasteiger partial charge in [0.1, 0.15) is 5.69 Å². The number of ether oxygens (including phenoxy) is 1. The number of nitrogens with zero attached hydrogens (tertiary/aromatic N) is 1. The summed E-state index contributed by atoms with van der Waals surface area (Å²) in [5.74, 6) is -0.951. The molecule has 2 rings (SSSR count). The highest BCUT2D eigenvalue weighted by Gasteiger charge is 2.21. The lowest BCUT2D eigenvalue weighted by molar-refractivity contribution is -0.129. The van der Waals surface area contributed by atoms with Gasteiger partial charge >= 0.3 is 5.97 Å². The Morgan fingerprint density at radius 3 is 2.48 bits per heavy atom. The van der Waals surface area contributed by atoms with Crippen molar-refractivity contribution in [1.29, 1.82) is 0 Å². The number of amides is 1. The minimum absolute atomic E-state index is 0.0141. The normalized spacial score (nSPS) is 12.0. The van der Waals surface area contributed by atoms with Crippen molar-refractivity contribution < 1.29 is 14.3 Å². The van der Waals surface area contributed by atoms with Gasteiger partial charge in [0.25, 0.3) is 5.91 Å². The predicted octanol–water partition coefficient (Wildman–Crippen LogP) is 2.91. The van der Waals surface area contributed by atoms with Gasteiger partial charge in [0, 0.05) is 16.1 Å². The number of hydrogen-bond donors (Lipinski definition) is 2. The molecule has 23 heavy (non-hydrogen) atoms. The maximum atomic E-state index is 12.1. The van der Waals surface area contributed by atoms with E-state index < -0.39 is 12.1 Å². The molecular weight excluding hydrogens is 362 g/mol. The molecule has 0 radical (unpaired) electrons. The molecule has 0 bridgehead atoms. The molecule has 0 aliphatic rings. The van der Waals surface area contributed by atoms with Crippen LogP contribution in [0.15, 0.2) is 34.8 Å². The van der Waals surface area contributed by atoms with Gasteiger partial charge in [-0.15, -0.1) is 0 Å². The first kappa shape index (κ1) is 17.2. The molecule has 6 nitrogen and oxygen atoms in total. The van der Waals surface area contributed by atoms with E-state index in [4.69, 9.17) is 4.74 Å². The molecule has 1 atom stereocenters. The van der Waals surface area contributed by atoms with Crippen molar-refractivity contribution in [3.8, 4) is 11.3 Å². The van der Waals surface area contributed by atoms with Crippen molar-refractivity contribution in [3.63, 3.8) is 0 Å². The predicted molar refractivity (Wildman–Crippen MR) is 89.9 cm³/mol. The average molecular weight is 380 g/mol. The lowest BCUT2D eigenvalue weighted by Gasteiger charge is -2.14. The number of halogens is 1. The molecule has 1 heterocycles. The quantitative estimate of drug-likeness (QED) is 0.782. The maximum absolute atomic E-state index is 12.1. The van der Waals surface area contributed by atoms with Crippen LogP contribution in [0.5, 0.6) is 0 Å². The van der Waals surface area contributed by atoms with Crippen LogP contribution in [0.2, 0.25) is 0 Å². The average Bonchev–Trinajstić information content (AvgIpc) is 2.97. The van der Waals surface area contributed by atoms with Crippen LogP contribution in [0.3, 0.4) is 0 Å². The largest absolute Gasteiger partial charge is 0.448 e. The number of aromatic amines is 1. The van der Waals surface area contributed by atoms with Crippen LogP contribution in [0.4, 0.5) is 0 Å². The van der Waals surface area contributed by atoms with Crippen molar-refractivity contribution in [2.75, 3.05) is 0 Å². The van der Waals surface area contributed by atoms with Gasteiger partial charge in [-0.3, -0.25) is 9.89 Å². The van der Waals surface area contributed by atoms with Gasteiger partial charge in [0.2, 0.25) is 0 Å². The summed E-state index contributed by atoms with van der Waals surface area (Å²) in [4.78, 5) is 23.8. The molecule has 122 valence electrons. The molecule has 1 unspecified atom stereocenters. The van der Waals surface area contributed by atoms with E-state index in [2.05, 4.69) is 31.4 Å². The third-order valence-electron chi connectivity index (χ3n) is 3.02. The number of aromatic nitrogens is 2. The summed E-state index contributed by atoms with van der Waals surface area (Å²) < 4.78 is 6.10. The SMILES string of the molecule is CC(C)NC(=O)C(C)OC(=O)c1cc(-c2ccc(Br)cc2)n[nH]1. The number of esters is 1. The monoisotopic (exact) mass is 379 g/mol. The van der Waals surface area contributed by atoms with E-state index in [9.17, 15) is 9.59 Å². The molecule has 0 aliphatic heterocycles. The Morgan fingerprint density at radius 2 is 1.87 bits per heavy atom. The van der Waals surface area contributed by atoms with E-state index in [1.165, 1.54) is 6.92 Å². The van der Waals surface area contributed by atoms with Crippen LogP contribution in [-0.4, -0.2) is 34.2 Å². The summed E-state index contributed by atoms with van der Waals surface area (Å²) in [7, 11) is 0. The number of nitrogens with one attached hydrogen (secondary N) is 2. The first-order valence-corrected chi connectivity index (χ1v) is 7.99. The zero-order valence-electron chi connectivity index (χ0n) is 13.1. The first-order chi connectivity index (χ1) is 10.9. The molecule has 0 saturated carbocycles. The molecule has 2 N–H and O–H groups in total. The Bertz CT molecular complexity index is 695. The van der Waals surface area contributed by atoms with Crippen molar-refractivity contribution in [1.82, 2.24) is 15.5 Å². The number of benzene rings is 1. The molecular formula is C16H18BrN3O3. The highest BCUT2D eigenvalue weighted by atomic mass is 79.9. The lowest BCUT2D eigenvalue weighted by atomic mass is 10.1. The molecule has 0 saturated heterocycles. The first-order valence-electron chi connectivity index (χ1n) is 7.19. The fourth-order valence-electron chi connectivity index (χ4n) is 1.87. The standard InChI is InChI=1S/C16H18BrN3O3/c1-9(2)18-15(21)10(3)23-16(22)14-8-13(19-20-14)11-4-6-12(17)7-5-11/h4-10H,1-3H3,(H,18,21)(H,19,20). The van der Waals surface area contributed by atoms with E-state index in [0.717, 1.165) is 10.0 Å². The molecule has 0 spiro atoms. The van der Waals surface area contributed by atoms with Crippen LogP contribution in [0.1, 0.15) is 31.3 Å². The molecule has 0 fully saturated rings. The Hall–Kier alpha value is -2.15. The second-order valence-corrected chi connectivity index (χ2v) is 6.30. The second kappa shape index (κ2) is 7.41. The zero-order chi connectivity index (χ0) is 17.0. The number of rotatable bonds is 5. The summed E-state index contributed by atoms with van der Waals surface area (Å²) in [6.07, 6.45) is -0.871. The van der Waals surface area contributed by atoms with Gasteiger partial charge in [-0.25, -0.2) is 4.79 Å². The van der Waals surface area contributed by atoms with Crippen LogP contribution in [0.25, 0.3) is 11.3 Å². The number of H-pyrrole nitrogens is 1. The van der Waals surface area contributed by atoms with E-state index in [0.29, 0.717) is 5.69 Å². The van der Waals surface area contributed by atoms with E-state index in [-0.39, 0.29) is 17.6 Å². The molecule has 1 aromatic carbocycles. The van der Waals surface area contributed by atoms with Gasteiger partial charge in [-0.05, 0) is 39.0 Å². The Balaban J connectivity index is 2.03. The number of carbonyl (C=O) groups is 2. The van der Waals surface area contributed by atoms with Crippen molar-refractivity contribution in [2.45, 2.75) is 32.9 Å². The highest BCUT2D eigenvalue weighted by Crippen LogP contribution is 2.20. The van der Waals surface area contributed by atoms with Crippen LogP contribution >= 0.6 is 15.9 Å².